The van der Waals surface area contributed by atoms with Crippen LogP contribution >= 0.6 is 0 Å². The lowest BCUT2D eigenvalue weighted by atomic mass is 9.92. The standard InChI is InChI=1S/C17H23NO5/c1-11(12-5-7-14(22-2)8-6-12)16(19)18-15(17(20)21)13-4-3-9-23-10-13/h5-8,11,13,15H,3-4,9-10H2,1-2H3,(H,18,19)(H,20,21). The lowest BCUT2D eigenvalue weighted by molar-refractivity contribution is -0.145. The number of rotatable bonds is 6. The van der Waals surface area contributed by atoms with Crippen LogP contribution in [-0.2, 0) is 14.3 Å². The first-order valence-corrected chi connectivity index (χ1v) is 7.77. The number of ether oxygens (including phenoxy) is 2. The Labute approximate surface area is 135 Å². The minimum atomic E-state index is -1.02. The second kappa shape index (κ2) is 7.97. The van der Waals surface area contributed by atoms with Crippen molar-refractivity contribution in [3.8, 4) is 5.75 Å². The van der Waals surface area contributed by atoms with E-state index in [-0.39, 0.29) is 11.8 Å². The van der Waals surface area contributed by atoms with Gasteiger partial charge in [-0.3, -0.25) is 4.79 Å². The van der Waals surface area contributed by atoms with Crippen molar-refractivity contribution in [2.75, 3.05) is 20.3 Å². The molecule has 0 aliphatic carbocycles. The predicted octanol–water partition coefficient (Wildman–Crippen LogP) is 1.79. The molecule has 1 fully saturated rings. The van der Waals surface area contributed by atoms with E-state index in [9.17, 15) is 14.7 Å². The van der Waals surface area contributed by atoms with E-state index in [4.69, 9.17) is 9.47 Å². The average molecular weight is 321 g/mol. The number of benzene rings is 1. The molecule has 1 aromatic carbocycles. The molecule has 1 aromatic rings. The smallest absolute Gasteiger partial charge is 0.326 e. The molecule has 1 heterocycles. The molecule has 0 spiro atoms. The normalized spacial score (nSPS) is 20.3. The van der Waals surface area contributed by atoms with E-state index < -0.39 is 17.9 Å². The third kappa shape index (κ3) is 4.45. The van der Waals surface area contributed by atoms with Crippen LogP contribution in [0.2, 0.25) is 0 Å². The SMILES string of the molecule is COc1ccc(C(C)C(=O)NC(C(=O)O)C2CCCOC2)cc1. The molecule has 1 aliphatic rings. The Morgan fingerprint density at radius 3 is 2.57 bits per heavy atom. The molecule has 0 saturated carbocycles. The number of carboxylic acid groups (broad SMARTS) is 1. The second-order valence-electron chi connectivity index (χ2n) is 5.80. The van der Waals surface area contributed by atoms with Gasteiger partial charge < -0.3 is 19.9 Å². The Hall–Kier alpha value is -2.08. The Morgan fingerprint density at radius 2 is 2.04 bits per heavy atom. The fourth-order valence-electron chi connectivity index (χ4n) is 2.73. The maximum Gasteiger partial charge on any atom is 0.326 e. The summed E-state index contributed by atoms with van der Waals surface area (Å²) in [4.78, 5) is 23.9. The van der Waals surface area contributed by atoms with Crippen LogP contribution in [0.3, 0.4) is 0 Å². The molecule has 0 aromatic heterocycles. The van der Waals surface area contributed by atoms with Crippen LogP contribution in [-0.4, -0.2) is 43.3 Å². The van der Waals surface area contributed by atoms with Gasteiger partial charge in [-0.1, -0.05) is 12.1 Å². The highest BCUT2D eigenvalue weighted by Crippen LogP contribution is 2.22. The van der Waals surface area contributed by atoms with Gasteiger partial charge >= 0.3 is 5.97 Å². The Bertz CT molecular complexity index is 536. The molecule has 6 heteroatoms. The van der Waals surface area contributed by atoms with E-state index in [1.54, 1.807) is 26.2 Å². The van der Waals surface area contributed by atoms with Crippen molar-refractivity contribution in [2.45, 2.75) is 31.7 Å². The molecular weight excluding hydrogens is 298 g/mol. The van der Waals surface area contributed by atoms with Gasteiger partial charge in [0.1, 0.15) is 11.8 Å². The van der Waals surface area contributed by atoms with Crippen molar-refractivity contribution >= 4 is 11.9 Å². The third-order valence-electron chi connectivity index (χ3n) is 4.24. The zero-order chi connectivity index (χ0) is 16.8. The van der Waals surface area contributed by atoms with Gasteiger partial charge in [-0.15, -0.1) is 0 Å². The molecule has 2 rings (SSSR count). The molecule has 23 heavy (non-hydrogen) atoms. The largest absolute Gasteiger partial charge is 0.497 e. The summed E-state index contributed by atoms with van der Waals surface area (Å²) in [5.74, 6) is -1.23. The second-order valence-corrected chi connectivity index (χ2v) is 5.80. The summed E-state index contributed by atoms with van der Waals surface area (Å²) < 4.78 is 10.4. The van der Waals surface area contributed by atoms with Gasteiger partial charge in [-0.2, -0.15) is 0 Å². The quantitative estimate of drug-likeness (QED) is 0.834. The van der Waals surface area contributed by atoms with Gasteiger partial charge in [0.15, 0.2) is 0 Å². The molecule has 0 bridgehead atoms. The van der Waals surface area contributed by atoms with Crippen LogP contribution in [0.15, 0.2) is 24.3 Å². The average Bonchev–Trinajstić information content (AvgIpc) is 2.59. The highest BCUT2D eigenvalue weighted by atomic mass is 16.5. The maximum absolute atomic E-state index is 12.4. The molecule has 1 amide bonds. The number of nitrogens with one attached hydrogen (secondary N) is 1. The van der Waals surface area contributed by atoms with Crippen LogP contribution < -0.4 is 10.1 Å². The molecule has 3 atom stereocenters. The lowest BCUT2D eigenvalue weighted by Gasteiger charge is -2.29. The minimum absolute atomic E-state index is 0.187. The molecule has 6 nitrogen and oxygen atoms in total. The molecule has 2 N–H and O–H groups in total. The van der Waals surface area contributed by atoms with Crippen molar-refractivity contribution in [1.82, 2.24) is 5.32 Å². The number of hydrogen-bond donors (Lipinski definition) is 2. The summed E-state index contributed by atoms with van der Waals surface area (Å²) >= 11 is 0. The summed E-state index contributed by atoms with van der Waals surface area (Å²) in [7, 11) is 1.58. The van der Waals surface area contributed by atoms with Crippen LogP contribution in [0, 0.1) is 5.92 Å². The number of carboxylic acids is 1. The van der Waals surface area contributed by atoms with Gasteiger partial charge in [-0.05, 0) is 37.5 Å². The van der Waals surface area contributed by atoms with Crippen LogP contribution in [0.5, 0.6) is 5.75 Å². The van der Waals surface area contributed by atoms with Gasteiger partial charge in [0, 0.05) is 12.5 Å². The van der Waals surface area contributed by atoms with Gasteiger partial charge in [0.2, 0.25) is 5.91 Å². The van der Waals surface area contributed by atoms with Crippen LogP contribution in [0.4, 0.5) is 0 Å². The van der Waals surface area contributed by atoms with E-state index >= 15 is 0 Å². The first-order valence-electron chi connectivity index (χ1n) is 7.77. The first kappa shape index (κ1) is 17.3. The zero-order valence-electron chi connectivity index (χ0n) is 13.5. The topological polar surface area (TPSA) is 84.9 Å². The Kier molecular flexibility index (Phi) is 5.98. The Morgan fingerprint density at radius 1 is 1.35 bits per heavy atom. The summed E-state index contributed by atoms with van der Waals surface area (Å²) in [6.07, 6.45) is 1.56. The van der Waals surface area contributed by atoms with Crippen molar-refractivity contribution in [1.29, 1.82) is 0 Å². The number of hydrogen-bond acceptors (Lipinski definition) is 4. The number of carbonyl (C=O) groups is 2. The number of carbonyl (C=O) groups excluding carboxylic acids is 1. The van der Waals surface area contributed by atoms with E-state index in [1.165, 1.54) is 0 Å². The van der Waals surface area contributed by atoms with Crippen molar-refractivity contribution < 1.29 is 24.2 Å². The highest BCUT2D eigenvalue weighted by Gasteiger charge is 2.32. The molecule has 1 aliphatic heterocycles. The van der Waals surface area contributed by atoms with Gasteiger partial charge in [0.05, 0.1) is 19.6 Å². The first-order chi connectivity index (χ1) is 11.0. The Balaban J connectivity index is 2.03. The third-order valence-corrected chi connectivity index (χ3v) is 4.24. The van der Waals surface area contributed by atoms with Gasteiger partial charge in [-0.25, -0.2) is 4.79 Å². The van der Waals surface area contributed by atoms with E-state index in [2.05, 4.69) is 5.32 Å². The molecular formula is C17H23NO5. The molecule has 3 unspecified atom stereocenters. The monoisotopic (exact) mass is 321 g/mol. The van der Waals surface area contributed by atoms with Crippen molar-refractivity contribution in [3.05, 3.63) is 29.8 Å². The predicted molar refractivity (Wildman–Crippen MR) is 84.5 cm³/mol. The molecule has 0 radical (unpaired) electrons. The van der Waals surface area contributed by atoms with Crippen LogP contribution in [0.1, 0.15) is 31.2 Å². The fourth-order valence-corrected chi connectivity index (χ4v) is 2.73. The van der Waals surface area contributed by atoms with Crippen LogP contribution in [0.25, 0.3) is 0 Å². The number of aliphatic carboxylic acids is 1. The van der Waals surface area contributed by atoms with Crippen molar-refractivity contribution in [2.24, 2.45) is 5.92 Å². The minimum Gasteiger partial charge on any atom is -0.497 e. The summed E-state index contributed by atoms with van der Waals surface area (Å²) in [6.45, 7) is 2.78. The van der Waals surface area contributed by atoms with Crippen molar-refractivity contribution in [3.63, 3.8) is 0 Å². The fraction of sp³-hybridized carbons (Fsp3) is 0.529. The molecule has 1 saturated heterocycles. The lowest BCUT2D eigenvalue weighted by Crippen LogP contribution is -2.49. The summed E-state index contributed by atoms with van der Waals surface area (Å²) in [5, 5.41) is 12.1. The highest BCUT2D eigenvalue weighted by molar-refractivity contribution is 5.88. The number of methoxy groups -OCH3 is 1. The number of amides is 1. The zero-order valence-corrected chi connectivity index (χ0v) is 13.5. The van der Waals surface area contributed by atoms with E-state index in [0.717, 1.165) is 18.4 Å². The van der Waals surface area contributed by atoms with E-state index in [1.807, 2.05) is 12.1 Å². The summed E-state index contributed by atoms with van der Waals surface area (Å²) in [6, 6.07) is 6.26. The maximum atomic E-state index is 12.4. The van der Waals surface area contributed by atoms with E-state index in [0.29, 0.717) is 19.0 Å². The summed E-state index contributed by atoms with van der Waals surface area (Å²) in [5.41, 5.74) is 0.812. The van der Waals surface area contributed by atoms with Gasteiger partial charge in [0.25, 0.3) is 0 Å². The molecule has 126 valence electrons.